The summed E-state index contributed by atoms with van der Waals surface area (Å²) in [6.45, 7) is 21.6. The molecular formula is C44H59BrN6O12S2. The first kappa shape index (κ1) is 50.4. The van der Waals surface area contributed by atoms with Crippen LogP contribution in [0.5, 0.6) is 0 Å². The molecule has 0 atom stereocenters. The minimum Gasteiger partial charge on any atom is -0.347 e. The number of piperidine rings is 2. The zero-order valence-corrected chi connectivity index (χ0v) is 41.3. The maximum Gasteiger partial charge on any atom is 0.329 e. The molecule has 0 aliphatic carbocycles. The van der Waals surface area contributed by atoms with Crippen molar-refractivity contribution in [2.45, 2.75) is 104 Å². The van der Waals surface area contributed by atoms with Crippen molar-refractivity contribution in [3.8, 4) is 0 Å². The lowest BCUT2D eigenvalue weighted by molar-refractivity contribution is -0.179. The second kappa shape index (κ2) is 18.9. The lowest BCUT2D eigenvalue weighted by atomic mass is 9.98. The first-order valence-corrected chi connectivity index (χ1v) is 25.1. The van der Waals surface area contributed by atoms with Crippen LogP contribution in [0.4, 0.5) is 21.0 Å². The molecule has 6 saturated heterocycles. The number of urea groups is 2. The number of carbonyl (C=O) groups excluding carboxylic acids is 4. The van der Waals surface area contributed by atoms with E-state index < -0.39 is 48.7 Å². The van der Waals surface area contributed by atoms with Crippen LogP contribution in [-0.2, 0) is 48.6 Å². The third-order valence-electron chi connectivity index (χ3n) is 12.5. The van der Waals surface area contributed by atoms with Gasteiger partial charge in [-0.3, -0.25) is 30.0 Å². The van der Waals surface area contributed by atoms with Crippen LogP contribution in [0.2, 0.25) is 0 Å². The number of sulfonamides is 2. The van der Waals surface area contributed by atoms with Gasteiger partial charge in [0.25, 0.3) is 11.8 Å². The van der Waals surface area contributed by atoms with Gasteiger partial charge in [0.2, 0.25) is 20.0 Å². The number of anilines is 2. The molecule has 6 aliphatic heterocycles. The molecular weight excluding hydrogens is 949 g/mol. The maximum absolute atomic E-state index is 12.9. The van der Waals surface area contributed by atoms with Crippen molar-refractivity contribution in [2.75, 3.05) is 62.4 Å². The number of amides is 6. The Morgan fingerprint density at radius 1 is 0.600 bits per heavy atom. The molecule has 21 heteroatoms. The van der Waals surface area contributed by atoms with E-state index >= 15 is 0 Å². The van der Waals surface area contributed by atoms with Gasteiger partial charge in [0.1, 0.15) is 11.1 Å². The van der Waals surface area contributed by atoms with E-state index in [1.54, 1.807) is 45.9 Å². The normalized spacial score (nSPS) is 22.8. The summed E-state index contributed by atoms with van der Waals surface area (Å²) in [6.07, 6.45) is 3.82. The summed E-state index contributed by atoms with van der Waals surface area (Å²) >= 11 is 3.49. The Labute approximate surface area is 389 Å². The van der Waals surface area contributed by atoms with E-state index in [-0.39, 0.29) is 17.8 Å². The Hall–Kier alpha value is -4.06. The number of rotatable bonds is 7. The second-order valence-electron chi connectivity index (χ2n) is 17.8. The minimum atomic E-state index is -3.60. The number of hydrogen-bond acceptors (Lipinski definition) is 12. The zero-order valence-electron chi connectivity index (χ0n) is 38.1. The highest BCUT2D eigenvalue weighted by molar-refractivity contribution is 9.10. The third kappa shape index (κ3) is 10.4. The van der Waals surface area contributed by atoms with Gasteiger partial charge in [-0.05, 0) is 114 Å². The van der Waals surface area contributed by atoms with Crippen LogP contribution in [0.15, 0.2) is 46.1 Å². The lowest BCUT2D eigenvalue weighted by Gasteiger charge is -2.36. The number of nitrogens with one attached hydrogen (secondary N) is 2. The van der Waals surface area contributed by atoms with E-state index in [2.05, 4.69) is 33.1 Å². The number of benzene rings is 2. The summed E-state index contributed by atoms with van der Waals surface area (Å²) in [5.41, 5.74) is 3.91. The van der Waals surface area contributed by atoms with Crippen molar-refractivity contribution in [2.24, 2.45) is 0 Å². The standard InChI is InChI=1S/C22H29N3O6S.C13H15BrN2O2.C9H15NO4S/c1-15-13-17(25-20(27)23-19(26)21(25,3)4)14-16(2)18(15)5-12-32(28,29)24-8-6-22(7-9-24)30-10-11-31-22;1-7-5-9(6-8(2)10(7)14)16-12(18)15-11(17)13(16,3)4;1-2-15(11,12)10-5-3-9(4-6-10)13-7-8-14-9/h5,12-14H,6-11H2,1-4H3,(H,23,26,27);5-6H,1-4H3,(H,15,17,18);2H,1,3-8H2/b12-5+;;. The topological polar surface area (TPSA) is 210 Å². The smallest absolute Gasteiger partial charge is 0.329 e. The van der Waals surface area contributed by atoms with E-state index in [4.69, 9.17) is 18.9 Å². The molecule has 2 aromatic carbocycles. The summed E-state index contributed by atoms with van der Waals surface area (Å²) in [5, 5.41) is 6.90. The number of ether oxygens (including phenoxy) is 4. The van der Waals surface area contributed by atoms with E-state index in [9.17, 15) is 36.0 Å². The first-order chi connectivity index (χ1) is 30.3. The van der Waals surface area contributed by atoms with E-state index in [1.807, 2.05) is 39.8 Å². The number of nitrogens with zero attached hydrogens (tertiary/aromatic N) is 4. The van der Waals surface area contributed by atoms with Gasteiger partial charge in [0.15, 0.2) is 11.6 Å². The van der Waals surface area contributed by atoms with Gasteiger partial charge in [0.05, 0.1) is 26.4 Å². The number of halogens is 1. The molecule has 8 rings (SSSR count). The number of aryl methyl sites for hydroxylation is 4. The number of carbonyl (C=O) groups is 4. The third-order valence-corrected chi connectivity index (χ3v) is 16.8. The Morgan fingerprint density at radius 2 is 0.938 bits per heavy atom. The molecule has 2 N–H and O–H groups in total. The van der Waals surface area contributed by atoms with Gasteiger partial charge >= 0.3 is 12.1 Å². The highest BCUT2D eigenvalue weighted by atomic mass is 79.9. The predicted octanol–water partition coefficient (Wildman–Crippen LogP) is 5.48. The summed E-state index contributed by atoms with van der Waals surface area (Å²) in [6, 6.07) is 6.54. The van der Waals surface area contributed by atoms with Crippen LogP contribution in [-0.4, -0.2) is 125 Å². The van der Waals surface area contributed by atoms with Gasteiger partial charge in [-0.25, -0.2) is 26.4 Å². The Morgan fingerprint density at radius 3 is 1.26 bits per heavy atom. The molecule has 0 aromatic heterocycles. The van der Waals surface area contributed by atoms with Crippen LogP contribution in [0.25, 0.3) is 6.08 Å². The van der Waals surface area contributed by atoms with E-state index in [0.29, 0.717) is 84.0 Å². The van der Waals surface area contributed by atoms with Gasteiger partial charge in [0, 0.05) is 78.5 Å². The van der Waals surface area contributed by atoms with Gasteiger partial charge in [-0.15, -0.1) is 0 Å². The molecule has 356 valence electrons. The van der Waals surface area contributed by atoms with Gasteiger partial charge < -0.3 is 18.9 Å². The van der Waals surface area contributed by atoms with E-state index in [0.717, 1.165) is 43.4 Å². The van der Waals surface area contributed by atoms with E-state index in [1.165, 1.54) is 23.8 Å². The maximum atomic E-state index is 12.9. The molecule has 0 unspecified atom stereocenters. The molecule has 18 nitrogen and oxygen atoms in total. The summed E-state index contributed by atoms with van der Waals surface area (Å²) in [5.74, 6) is -1.78. The monoisotopic (exact) mass is 1010 g/mol. The minimum absolute atomic E-state index is 0.272. The second-order valence-corrected chi connectivity index (χ2v) is 22.3. The Kier molecular flexibility index (Phi) is 14.6. The fraction of sp³-hybridized carbons (Fsp3) is 0.545. The van der Waals surface area contributed by atoms with Crippen molar-refractivity contribution in [1.82, 2.24) is 19.2 Å². The SMILES string of the molecule is C=CS(=O)(=O)N1CCC2(CC1)OCCO2.Cc1cc(N2C(=O)NC(=O)C2(C)C)cc(C)c1/C=C/S(=O)(=O)N1CCC2(CC1)OCCO2.Cc1cc(N2C(=O)NC(=O)C2(C)C)cc(C)c1Br. The molecule has 2 spiro atoms. The van der Waals surface area contributed by atoms with Crippen molar-refractivity contribution in [1.29, 1.82) is 0 Å². The predicted molar refractivity (Wildman–Crippen MR) is 248 cm³/mol. The zero-order chi connectivity index (χ0) is 47.9. The highest BCUT2D eigenvalue weighted by Gasteiger charge is 2.48. The fourth-order valence-electron chi connectivity index (χ4n) is 8.68. The fourth-order valence-corrected chi connectivity index (χ4v) is 11.0. The average molecular weight is 1010 g/mol. The molecule has 0 bridgehead atoms. The molecule has 6 heterocycles. The number of imide groups is 2. The molecule has 6 amide bonds. The van der Waals surface area contributed by atoms with Gasteiger partial charge in [-0.1, -0.05) is 22.5 Å². The van der Waals surface area contributed by atoms with Crippen LogP contribution in [0.3, 0.4) is 0 Å². The molecule has 6 aliphatic rings. The largest absolute Gasteiger partial charge is 0.347 e. The van der Waals surface area contributed by atoms with Crippen LogP contribution in [0.1, 0.15) is 81.2 Å². The summed E-state index contributed by atoms with van der Waals surface area (Å²) < 4.78 is 75.0. The highest BCUT2D eigenvalue weighted by Crippen LogP contribution is 2.36. The van der Waals surface area contributed by atoms with Crippen molar-refractivity contribution >= 4 is 77.3 Å². The van der Waals surface area contributed by atoms with Crippen molar-refractivity contribution in [3.63, 3.8) is 0 Å². The lowest BCUT2D eigenvalue weighted by Crippen LogP contribution is -2.46. The van der Waals surface area contributed by atoms with Crippen molar-refractivity contribution in [3.05, 3.63) is 74.0 Å². The molecule has 6 fully saturated rings. The van der Waals surface area contributed by atoms with Gasteiger partial charge in [-0.2, -0.15) is 8.61 Å². The average Bonchev–Trinajstić information content (AvgIpc) is 3.98. The molecule has 0 radical (unpaired) electrons. The summed E-state index contributed by atoms with van der Waals surface area (Å²) in [7, 11) is -6.88. The quantitative estimate of drug-likeness (QED) is 0.331. The van der Waals surface area contributed by atoms with Crippen LogP contribution in [0, 0.1) is 27.7 Å². The molecule has 2 aromatic rings. The molecule has 65 heavy (non-hydrogen) atoms. The van der Waals surface area contributed by atoms with Crippen LogP contribution < -0.4 is 20.4 Å². The molecule has 0 saturated carbocycles. The Bertz CT molecular complexity index is 2430. The van der Waals surface area contributed by atoms with Crippen molar-refractivity contribution < 1.29 is 55.0 Å². The summed E-state index contributed by atoms with van der Waals surface area (Å²) in [4.78, 5) is 51.0. The number of hydrogen-bond donors (Lipinski definition) is 2. The first-order valence-electron chi connectivity index (χ1n) is 21.3. The Balaban J connectivity index is 0.000000178. The van der Waals surface area contributed by atoms with Crippen LogP contribution >= 0.6 is 15.9 Å².